The summed E-state index contributed by atoms with van der Waals surface area (Å²) in [4.78, 5) is 13.2. The Bertz CT molecular complexity index is 1090. The Balaban J connectivity index is 1.71. The number of rotatable bonds is 5. The Kier molecular flexibility index (Phi) is 5.26. The number of aromatic nitrogens is 3. The van der Waals surface area contributed by atoms with Crippen LogP contribution in [0.3, 0.4) is 0 Å². The van der Waals surface area contributed by atoms with E-state index in [2.05, 4.69) is 20.3 Å². The maximum absolute atomic E-state index is 14.3. The predicted octanol–water partition coefficient (Wildman–Crippen LogP) is 5.61. The standard InChI is InChI=1S/C22H16ClFN4/c23-17-7-5-15(6-8-17)14-26-21-13-20(18-3-1-2-4-19(18)24)27-22(28-21)16-9-11-25-12-10-16/h1-13H,14H2,(H,26,27,28). The molecule has 0 radical (unpaired) electrons. The zero-order valence-electron chi connectivity index (χ0n) is 14.8. The van der Waals surface area contributed by atoms with Crippen LogP contribution >= 0.6 is 11.6 Å². The molecule has 0 aliphatic rings. The lowest BCUT2D eigenvalue weighted by atomic mass is 10.1. The molecule has 0 amide bonds. The van der Waals surface area contributed by atoms with Crippen LogP contribution in [-0.2, 0) is 6.54 Å². The molecule has 6 heteroatoms. The third-order valence-corrected chi connectivity index (χ3v) is 4.45. The average molecular weight is 391 g/mol. The fraction of sp³-hybridized carbons (Fsp3) is 0.0455. The molecule has 0 saturated heterocycles. The van der Waals surface area contributed by atoms with Crippen molar-refractivity contribution in [2.45, 2.75) is 6.54 Å². The molecule has 0 spiro atoms. The largest absolute Gasteiger partial charge is 0.366 e. The Morgan fingerprint density at radius 2 is 1.64 bits per heavy atom. The van der Waals surface area contributed by atoms with Gasteiger partial charge >= 0.3 is 0 Å². The van der Waals surface area contributed by atoms with Crippen LogP contribution in [0.5, 0.6) is 0 Å². The molecule has 4 nitrogen and oxygen atoms in total. The number of hydrogen-bond donors (Lipinski definition) is 1. The molecule has 0 bridgehead atoms. The highest BCUT2D eigenvalue weighted by molar-refractivity contribution is 6.30. The molecule has 0 aliphatic heterocycles. The monoisotopic (exact) mass is 390 g/mol. The Labute approximate surface area is 167 Å². The van der Waals surface area contributed by atoms with E-state index in [4.69, 9.17) is 11.6 Å². The second-order valence-corrected chi connectivity index (χ2v) is 6.59. The summed E-state index contributed by atoms with van der Waals surface area (Å²) in [7, 11) is 0. The summed E-state index contributed by atoms with van der Waals surface area (Å²) >= 11 is 5.94. The summed E-state index contributed by atoms with van der Waals surface area (Å²) < 4.78 is 14.3. The smallest absolute Gasteiger partial charge is 0.162 e. The highest BCUT2D eigenvalue weighted by Crippen LogP contribution is 2.26. The lowest BCUT2D eigenvalue weighted by Gasteiger charge is -2.11. The van der Waals surface area contributed by atoms with E-state index in [0.29, 0.717) is 34.5 Å². The van der Waals surface area contributed by atoms with Crippen LogP contribution in [0.1, 0.15) is 5.56 Å². The number of nitrogens with zero attached hydrogens (tertiary/aromatic N) is 3. The summed E-state index contributed by atoms with van der Waals surface area (Å²) in [6.45, 7) is 0.556. The molecule has 0 saturated carbocycles. The maximum atomic E-state index is 14.3. The first-order valence-electron chi connectivity index (χ1n) is 8.72. The van der Waals surface area contributed by atoms with Crippen molar-refractivity contribution in [2.24, 2.45) is 0 Å². The maximum Gasteiger partial charge on any atom is 0.162 e. The fourth-order valence-corrected chi connectivity index (χ4v) is 2.90. The van der Waals surface area contributed by atoms with Gasteiger partial charge in [-0.25, -0.2) is 14.4 Å². The molecule has 138 valence electrons. The fourth-order valence-electron chi connectivity index (χ4n) is 2.77. The van der Waals surface area contributed by atoms with E-state index in [1.807, 2.05) is 36.4 Å². The van der Waals surface area contributed by atoms with Gasteiger partial charge in [0.2, 0.25) is 0 Å². The van der Waals surface area contributed by atoms with Crippen molar-refractivity contribution in [3.05, 3.63) is 95.5 Å². The molecular formula is C22H16ClFN4. The molecule has 0 atom stereocenters. The van der Waals surface area contributed by atoms with Crippen LogP contribution in [0.2, 0.25) is 5.02 Å². The molecule has 4 rings (SSSR count). The van der Waals surface area contributed by atoms with Gasteiger partial charge in [0, 0.05) is 41.2 Å². The van der Waals surface area contributed by atoms with E-state index in [-0.39, 0.29) is 5.82 Å². The SMILES string of the molecule is Fc1ccccc1-c1cc(NCc2ccc(Cl)cc2)nc(-c2ccncc2)n1. The van der Waals surface area contributed by atoms with Gasteiger partial charge in [-0.2, -0.15) is 0 Å². The van der Waals surface area contributed by atoms with Crippen molar-refractivity contribution in [2.75, 3.05) is 5.32 Å². The molecule has 28 heavy (non-hydrogen) atoms. The van der Waals surface area contributed by atoms with E-state index >= 15 is 0 Å². The van der Waals surface area contributed by atoms with Crippen LogP contribution in [0, 0.1) is 5.82 Å². The van der Waals surface area contributed by atoms with Crippen molar-refractivity contribution in [1.29, 1.82) is 0 Å². The first kappa shape index (κ1) is 18.1. The number of nitrogens with one attached hydrogen (secondary N) is 1. The minimum absolute atomic E-state index is 0.328. The second kappa shape index (κ2) is 8.15. The molecule has 0 unspecified atom stereocenters. The number of hydrogen-bond acceptors (Lipinski definition) is 4. The molecule has 0 aliphatic carbocycles. The van der Waals surface area contributed by atoms with Gasteiger partial charge in [0.05, 0.1) is 5.69 Å². The van der Waals surface area contributed by atoms with E-state index in [9.17, 15) is 4.39 Å². The molecule has 2 heterocycles. The van der Waals surface area contributed by atoms with Gasteiger partial charge < -0.3 is 5.32 Å². The minimum Gasteiger partial charge on any atom is -0.366 e. The number of pyridine rings is 1. The number of anilines is 1. The van der Waals surface area contributed by atoms with Crippen LogP contribution in [0.4, 0.5) is 10.2 Å². The summed E-state index contributed by atoms with van der Waals surface area (Å²) in [6, 6.07) is 19.5. The van der Waals surface area contributed by atoms with Gasteiger partial charge in [-0.3, -0.25) is 4.98 Å². The Morgan fingerprint density at radius 1 is 0.893 bits per heavy atom. The molecular weight excluding hydrogens is 375 g/mol. The topological polar surface area (TPSA) is 50.7 Å². The van der Waals surface area contributed by atoms with Crippen LogP contribution in [-0.4, -0.2) is 15.0 Å². The Morgan fingerprint density at radius 3 is 2.39 bits per heavy atom. The minimum atomic E-state index is -0.328. The lowest BCUT2D eigenvalue weighted by Crippen LogP contribution is -2.04. The van der Waals surface area contributed by atoms with Crippen molar-refractivity contribution in [1.82, 2.24) is 15.0 Å². The number of benzene rings is 2. The predicted molar refractivity (Wildman–Crippen MR) is 109 cm³/mol. The van der Waals surface area contributed by atoms with E-state index < -0.39 is 0 Å². The van der Waals surface area contributed by atoms with Crippen molar-refractivity contribution in [3.8, 4) is 22.6 Å². The third kappa shape index (κ3) is 4.15. The molecule has 4 aromatic rings. The van der Waals surface area contributed by atoms with Crippen molar-refractivity contribution in [3.63, 3.8) is 0 Å². The van der Waals surface area contributed by atoms with Crippen molar-refractivity contribution < 1.29 is 4.39 Å². The first-order valence-corrected chi connectivity index (χ1v) is 9.09. The average Bonchev–Trinajstić information content (AvgIpc) is 2.74. The van der Waals surface area contributed by atoms with Gasteiger partial charge in [0.25, 0.3) is 0 Å². The van der Waals surface area contributed by atoms with Gasteiger partial charge in [0.1, 0.15) is 11.6 Å². The van der Waals surface area contributed by atoms with Crippen LogP contribution < -0.4 is 5.32 Å². The highest BCUT2D eigenvalue weighted by atomic mass is 35.5. The number of halogens is 2. The molecule has 2 aromatic heterocycles. The van der Waals surface area contributed by atoms with Gasteiger partial charge in [-0.1, -0.05) is 35.9 Å². The van der Waals surface area contributed by atoms with Crippen LogP contribution in [0.15, 0.2) is 79.1 Å². The van der Waals surface area contributed by atoms with Crippen molar-refractivity contribution >= 4 is 17.4 Å². The highest BCUT2D eigenvalue weighted by Gasteiger charge is 2.11. The molecule has 2 aromatic carbocycles. The molecule has 1 N–H and O–H groups in total. The lowest BCUT2D eigenvalue weighted by molar-refractivity contribution is 0.630. The third-order valence-electron chi connectivity index (χ3n) is 4.20. The summed E-state index contributed by atoms with van der Waals surface area (Å²) in [6.07, 6.45) is 3.35. The second-order valence-electron chi connectivity index (χ2n) is 6.16. The summed E-state index contributed by atoms with van der Waals surface area (Å²) in [5.74, 6) is 0.780. The van der Waals surface area contributed by atoms with Crippen LogP contribution in [0.25, 0.3) is 22.6 Å². The molecule has 0 fully saturated rings. The zero-order valence-corrected chi connectivity index (χ0v) is 15.6. The van der Waals surface area contributed by atoms with Gasteiger partial charge in [-0.05, 0) is 42.0 Å². The van der Waals surface area contributed by atoms with Gasteiger partial charge in [0.15, 0.2) is 5.82 Å². The normalized spacial score (nSPS) is 10.6. The Hall–Kier alpha value is -3.31. The summed E-state index contributed by atoms with van der Waals surface area (Å²) in [5, 5.41) is 3.98. The van der Waals surface area contributed by atoms with E-state index in [0.717, 1.165) is 11.1 Å². The summed E-state index contributed by atoms with van der Waals surface area (Å²) in [5.41, 5.74) is 2.80. The zero-order chi connectivity index (χ0) is 19.3. The quantitative estimate of drug-likeness (QED) is 0.481. The first-order chi connectivity index (χ1) is 13.7. The van der Waals surface area contributed by atoms with Gasteiger partial charge in [-0.15, -0.1) is 0 Å². The van der Waals surface area contributed by atoms with E-state index in [1.54, 1.807) is 36.7 Å². The van der Waals surface area contributed by atoms with E-state index in [1.165, 1.54) is 6.07 Å².